The number of hydrogen-bond donors (Lipinski definition) is 1. The van der Waals surface area contributed by atoms with E-state index in [9.17, 15) is 5.11 Å². The Bertz CT molecular complexity index is 582. The summed E-state index contributed by atoms with van der Waals surface area (Å²) in [6, 6.07) is 4.11. The van der Waals surface area contributed by atoms with Crippen LogP contribution in [-0.2, 0) is 13.0 Å². The second-order valence-corrected chi connectivity index (χ2v) is 6.07. The van der Waals surface area contributed by atoms with Gasteiger partial charge >= 0.3 is 0 Å². The second-order valence-electron chi connectivity index (χ2n) is 6.07. The molecule has 0 aliphatic heterocycles. The summed E-state index contributed by atoms with van der Waals surface area (Å²) in [5, 5.41) is 10.7. The number of aliphatic hydroxyl groups is 1. The van der Waals surface area contributed by atoms with Gasteiger partial charge in [-0.25, -0.2) is 4.98 Å². The summed E-state index contributed by atoms with van der Waals surface area (Å²) in [7, 11) is 0. The van der Waals surface area contributed by atoms with Crippen LogP contribution in [0.3, 0.4) is 0 Å². The number of nitrogens with zero attached hydrogens (tertiary/aromatic N) is 3. The first-order valence-electron chi connectivity index (χ1n) is 7.89. The van der Waals surface area contributed by atoms with Crippen molar-refractivity contribution in [2.45, 2.75) is 57.6 Å². The molecule has 0 radical (unpaired) electrons. The first-order valence-corrected chi connectivity index (χ1v) is 7.89. The van der Waals surface area contributed by atoms with Crippen molar-refractivity contribution in [3.8, 4) is 11.5 Å². The van der Waals surface area contributed by atoms with Crippen LogP contribution >= 0.6 is 0 Å². The third-order valence-corrected chi connectivity index (χ3v) is 4.43. The van der Waals surface area contributed by atoms with Crippen molar-refractivity contribution in [3.63, 3.8) is 0 Å². The molecule has 2 aromatic heterocycles. The number of aromatic nitrogens is 3. The Morgan fingerprint density at radius 2 is 2.00 bits per heavy atom. The molecule has 3 rings (SSSR count). The number of pyridine rings is 1. The Hall–Kier alpha value is -1.68. The topological polar surface area (TPSA) is 50.9 Å². The molecule has 4 heteroatoms. The Morgan fingerprint density at radius 1 is 1.19 bits per heavy atom. The Labute approximate surface area is 125 Å². The van der Waals surface area contributed by atoms with Crippen molar-refractivity contribution in [2.75, 3.05) is 0 Å². The van der Waals surface area contributed by atoms with E-state index in [4.69, 9.17) is 0 Å². The summed E-state index contributed by atoms with van der Waals surface area (Å²) in [6.45, 7) is 2.73. The van der Waals surface area contributed by atoms with Gasteiger partial charge in [0.2, 0.25) is 0 Å². The molecular weight excluding hydrogens is 262 g/mol. The molecule has 112 valence electrons. The van der Waals surface area contributed by atoms with E-state index in [-0.39, 0.29) is 0 Å². The number of aryl methyl sites for hydroxylation is 1. The zero-order chi connectivity index (χ0) is 14.7. The summed E-state index contributed by atoms with van der Waals surface area (Å²) in [5.74, 6) is 0.844. The standard InChI is InChI=1S/C17H23N3O/c1-2-14-6-7-15(19-12-14)16-18-10-11-20(16)13-17(21)8-4-3-5-9-17/h6-7,10-12,21H,2-5,8-9,13H2,1H3. The molecule has 0 atom stereocenters. The predicted molar refractivity (Wildman–Crippen MR) is 82.9 cm³/mol. The first kappa shape index (κ1) is 14.3. The van der Waals surface area contributed by atoms with Gasteiger partial charge in [-0.1, -0.05) is 32.3 Å². The molecule has 0 saturated heterocycles. The molecule has 1 aliphatic carbocycles. The van der Waals surface area contributed by atoms with E-state index in [1.165, 1.54) is 12.0 Å². The van der Waals surface area contributed by atoms with Gasteiger partial charge in [0.1, 0.15) is 5.69 Å². The average molecular weight is 285 g/mol. The Morgan fingerprint density at radius 3 is 2.67 bits per heavy atom. The molecule has 1 aliphatic rings. The number of rotatable bonds is 4. The molecule has 1 N–H and O–H groups in total. The van der Waals surface area contributed by atoms with E-state index >= 15 is 0 Å². The van der Waals surface area contributed by atoms with Crippen LogP contribution in [-0.4, -0.2) is 25.2 Å². The van der Waals surface area contributed by atoms with Crippen LogP contribution in [0.15, 0.2) is 30.7 Å². The molecule has 1 fully saturated rings. The maximum absolute atomic E-state index is 10.7. The van der Waals surface area contributed by atoms with E-state index < -0.39 is 5.60 Å². The molecule has 2 aromatic rings. The fourth-order valence-electron chi connectivity index (χ4n) is 3.12. The van der Waals surface area contributed by atoms with E-state index in [1.54, 1.807) is 6.20 Å². The van der Waals surface area contributed by atoms with Gasteiger partial charge in [-0.15, -0.1) is 0 Å². The van der Waals surface area contributed by atoms with Crippen molar-refractivity contribution < 1.29 is 5.11 Å². The number of hydrogen-bond acceptors (Lipinski definition) is 3. The molecule has 2 heterocycles. The lowest BCUT2D eigenvalue weighted by molar-refractivity contribution is -0.0111. The Kier molecular flexibility index (Phi) is 4.06. The molecule has 0 amide bonds. The highest BCUT2D eigenvalue weighted by atomic mass is 16.3. The highest BCUT2D eigenvalue weighted by Gasteiger charge is 2.30. The maximum Gasteiger partial charge on any atom is 0.158 e. The van der Waals surface area contributed by atoms with Crippen LogP contribution in [0.25, 0.3) is 11.5 Å². The minimum atomic E-state index is -0.586. The van der Waals surface area contributed by atoms with E-state index in [0.717, 1.165) is 43.6 Å². The smallest absolute Gasteiger partial charge is 0.158 e. The summed E-state index contributed by atoms with van der Waals surface area (Å²) in [5.41, 5.74) is 1.51. The summed E-state index contributed by atoms with van der Waals surface area (Å²) in [6.07, 6.45) is 11.9. The Balaban J connectivity index is 1.82. The minimum absolute atomic E-state index is 0.586. The summed E-state index contributed by atoms with van der Waals surface area (Å²) >= 11 is 0. The van der Waals surface area contributed by atoms with Crippen molar-refractivity contribution in [2.24, 2.45) is 0 Å². The van der Waals surface area contributed by atoms with Gasteiger partial charge < -0.3 is 9.67 Å². The fourth-order valence-corrected chi connectivity index (χ4v) is 3.12. The zero-order valence-corrected chi connectivity index (χ0v) is 12.6. The molecular formula is C17H23N3O. The third-order valence-electron chi connectivity index (χ3n) is 4.43. The van der Waals surface area contributed by atoms with E-state index in [1.807, 2.05) is 23.0 Å². The fraction of sp³-hybridized carbons (Fsp3) is 0.529. The largest absolute Gasteiger partial charge is 0.388 e. The molecule has 0 bridgehead atoms. The van der Waals surface area contributed by atoms with Gasteiger partial charge in [-0.3, -0.25) is 4.98 Å². The average Bonchev–Trinajstić information content (AvgIpc) is 2.95. The highest BCUT2D eigenvalue weighted by molar-refractivity contribution is 5.49. The van der Waals surface area contributed by atoms with Gasteiger partial charge in [0.05, 0.1) is 12.1 Å². The third kappa shape index (κ3) is 3.16. The first-order chi connectivity index (χ1) is 10.2. The van der Waals surface area contributed by atoms with Crippen LogP contribution in [0.4, 0.5) is 0 Å². The zero-order valence-electron chi connectivity index (χ0n) is 12.6. The monoisotopic (exact) mass is 285 g/mol. The van der Waals surface area contributed by atoms with Crippen molar-refractivity contribution in [1.29, 1.82) is 0 Å². The van der Waals surface area contributed by atoms with Crippen LogP contribution < -0.4 is 0 Å². The van der Waals surface area contributed by atoms with Crippen LogP contribution in [0.2, 0.25) is 0 Å². The normalized spacial score (nSPS) is 17.8. The lowest BCUT2D eigenvalue weighted by Gasteiger charge is -2.32. The van der Waals surface area contributed by atoms with Crippen LogP contribution in [0.5, 0.6) is 0 Å². The van der Waals surface area contributed by atoms with E-state index in [2.05, 4.69) is 23.0 Å². The molecule has 0 spiro atoms. The molecule has 21 heavy (non-hydrogen) atoms. The lowest BCUT2D eigenvalue weighted by Crippen LogP contribution is -2.36. The summed E-state index contributed by atoms with van der Waals surface area (Å²) in [4.78, 5) is 8.93. The van der Waals surface area contributed by atoms with Crippen molar-refractivity contribution >= 4 is 0 Å². The highest BCUT2D eigenvalue weighted by Crippen LogP contribution is 2.30. The number of imidazole rings is 1. The molecule has 4 nitrogen and oxygen atoms in total. The van der Waals surface area contributed by atoms with Gasteiger partial charge in [0, 0.05) is 18.6 Å². The van der Waals surface area contributed by atoms with Crippen molar-refractivity contribution in [3.05, 3.63) is 36.3 Å². The molecule has 0 aromatic carbocycles. The van der Waals surface area contributed by atoms with Crippen LogP contribution in [0.1, 0.15) is 44.6 Å². The second kappa shape index (κ2) is 5.98. The maximum atomic E-state index is 10.7. The SMILES string of the molecule is CCc1ccc(-c2nccn2CC2(O)CCCCC2)nc1. The van der Waals surface area contributed by atoms with Crippen LogP contribution in [0, 0.1) is 0 Å². The molecule has 0 unspecified atom stereocenters. The lowest BCUT2D eigenvalue weighted by atomic mass is 9.85. The van der Waals surface area contributed by atoms with Gasteiger partial charge in [-0.05, 0) is 30.9 Å². The van der Waals surface area contributed by atoms with Gasteiger partial charge in [0.15, 0.2) is 5.82 Å². The summed E-state index contributed by atoms with van der Waals surface area (Å²) < 4.78 is 2.04. The predicted octanol–water partition coefficient (Wildman–Crippen LogP) is 3.20. The quantitative estimate of drug-likeness (QED) is 0.938. The van der Waals surface area contributed by atoms with Gasteiger partial charge in [0.25, 0.3) is 0 Å². The van der Waals surface area contributed by atoms with Gasteiger partial charge in [-0.2, -0.15) is 0 Å². The minimum Gasteiger partial charge on any atom is -0.388 e. The van der Waals surface area contributed by atoms with E-state index in [0.29, 0.717) is 6.54 Å². The van der Waals surface area contributed by atoms with Crippen molar-refractivity contribution in [1.82, 2.24) is 14.5 Å². The molecule has 1 saturated carbocycles.